The minimum absolute atomic E-state index is 0.515. The Kier molecular flexibility index (Phi) is 5.67. The third kappa shape index (κ3) is 4.05. The van der Waals surface area contributed by atoms with E-state index in [9.17, 15) is 0 Å². The summed E-state index contributed by atoms with van der Waals surface area (Å²) in [5.74, 6) is 2.50. The molecule has 0 atom stereocenters. The molecule has 0 spiro atoms. The topological polar surface area (TPSA) is 61.4 Å². The summed E-state index contributed by atoms with van der Waals surface area (Å²) < 4.78 is 4.24. The second-order valence-electron chi connectivity index (χ2n) is 10.1. The maximum atomic E-state index is 4.88. The summed E-state index contributed by atoms with van der Waals surface area (Å²) in [5, 5.41) is 2.48. The number of nitrogens with zero attached hydrogens (tertiary/aromatic N) is 6. The minimum atomic E-state index is 0.515. The van der Waals surface area contributed by atoms with E-state index in [0.29, 0.717) is 17.6 Å². The SMILES string of the molecule is c1ccc(-c2nc(-c3ccccc3)nc(-n3ccnc3-c3ccc(-n4c5ccccc5c5ccccc54)cc3)n2)cc1. The van der Waals surface area contributed by atoms with Crippen molar-refractivity contribution in [3.05, 3.63) is 146 Å². The van der Waals surface area contributed by atoms with Gasteiger partial charge in [-0.2, -0.15) is 9.97 Å². The Morgan fingerprint density at radius 2 is 0.976 bits per heavy atom. The fourth-order valence-electron chi connectivity index (χ4n) is 5.54. The lowest BCUT2D eigenvalue weighted by Gasteiger charge is -2.12. The molecule has 0 radical (unpaired) electrons. The average Bonchev–Trinajstić information content (AvgIpc) is 3.69. The predicted octanol–water partition coefficient (Wildman–Crippen LogP) is 8.16. The average molecular weight is 541 g/mol. The first-order chi connectivity index (χ1) is 20.8. The normalized spacial score (nSPS) is 11.3. The Labute approximate surface area is 242 Å². The number of para-hydroxylation sites is 2. The molecule has 6 heteroatoms. The summed E-state index contributed by atoms with van der Waals surface area (Å²) in [4.78, 5) is 19.3. The van der Waals surface area contributed by atoms with Crippen molar-refractivity contribution in [2.24, 2.45) is 0 Å². The van der Waals surface area contributed by atoms with Gasteiger partial charge in [0.25, 0.3) is 0 Å². The van der Waals surface area contributed by atoms with Gasteiger partial charge in [0.2, 0.25) is 5.95 Å². The fraction of sp³-hybridized carbons (Fsp3) is 0. The van der Waals surface area contributed by atoms with Gasteiger partial charge >= 0.3 is 0 Å². The lowest BCUT2D eigenvalue weighted by atomic mass is 10.2. The second-order valence-corrected chi connectivity index (χ2v) is 10.1. The Hall–Kier alpha value is -5.88. The molecule has 0 amide bonds. The van der Waals surface area contributed by atoms with Crippen LogP contribution >= 0.6 is 0 Å². The third-order valence-electron chi connectivity index (χ3n) is 7.51. The highest BCUT2D eigenvalue weighted by Gasteiger charge is 2.16. The smallest absolute Gasteiger partial charge is 0.239 e. The van der Waals surface area contributed by atoms with Crippen LogP contribution in [-0.2, 0) is 0 Å². The first-order valence-electron chi connectivity index (χ1n) is 13.8. The molecule has 198 valence electrons. The van der Waals surface area contributed by atoms with Gasteiger partial charge in [-0.3, -0.25) is 4.57 Å². The van der Waals surface area contributed by atoms with Crippen LogP contribution in [0.4, 0.5) is 0 Å². The van der Waals surface area contributed by atoms with Gasteiger partial charge < -0.3 is 4.57 Å². The number of fused-ring (bicyclic) bond motifs is 3. The Morgan fingerprint density at radius 1 is 0.452 bits per heavy atom. The van der Waals surface area contributed by atoms with Crippen molar-refractivity contribution in [1.82, 2.24) is 29.1 Å². The molecule has 0 saturated carbocycles. The molecule has 0 N–H and O–H groups in total. The molecular weight excluding hydrogens is 516 g/mol. The third-order valence-corrected chi connectivity index (χ3v) is 7.51. The van der Waals surface area contributed by atoms with Gasteiger partial charge in [-0.05, 0) is 36.4 Å². The first-order valence-corrected chi connectivity index (χ1v) is 13.8. The highest BCUT2D eigenvalue weighted by molar-refractivity contribution is 6.09. The van der Waals surface area contributed by atoms with E-state index in [1.807, 2.05) is 71.4 Å². The van der Waals surface area contributed by atoms with Crippen LogP contribution in [-0.4, -0.2) is 29.1 Å². The highest BCUT2D eigenvalue weighted by Crippen LogP contribution is 2.32. The molecule has 0 unspecified atom stereocenters. The van der Waals surface area contributed by atoms with Crippen molar-refractivity contribution in [1.29, 1.82) is 0 Å². The lowest BCUT2D eigenvalue weighted by molar-refractivity contribution is 0.910. The molecule has 0 aliphatic carbocycles. The molecule has 0 aliphatic rings. The standard InChI is InChI=1S/C36H24N6/c1-3-11-25(12-4-1)33-38-34(26-13-5-2-6-14-26)40-36(39-33)41-24-23-37-35(41)27-19-21-28(22-20-27)42-31-17-9-7-15-29(31)30-16-8-10-18-32(30)42/h1-24H. The number of imidazole rings is 1. The van der Waals surface area contributed by atoms with Crippen LogP contribution < -0.4 is 0 Å². The van der Waals surface area contributed by atoms with Crippen LogP contribution in [0.15, 0.2) is 146 Å². The van der Waals surface area contributed by atoms with Crippen molar-refractivity contribution in [3.63, 3.8) is 0 Å². The summed E-state index contributed by atoms with van der Waals surface area (Å²) in [5.41, 5.74) is 6.27. The zero-order valence-electron chi connectivity index (χ0n) is 22.5. The van der Waals surface area contributed by atoms with Gasteiger partial charge in [0, 0.05) is 45.5 Å². The maximum Gasteiger partial charge on any atom is 0.239 e. The first kappa shape index (κ1) is 24.0. The van der Waals surface area contributed by atoms with Crippen LogP contribution in [0.5, 0.6) is 0 Å². The van der Waals surface area contributed by atoms with E-state index in [1.54, 1.807) is 6.20 Å². The summed E-state index contributed by atoms with van der Waals surface area (Å²) in [6, 6.07) is 45.5. The predicted molar refractivity (Wildman–Crippen MR) is 168 cm³/mol. The van der Waals surface area contributed by atoms with Crippen LogP contribution in [0.2, 0.25) is 0 Å². The van der Waals surface area contributed by atoms with Crippen molar-refractivity contribution in [2.45, 2.75) is 0 Å². The molecular formula is C36H24N6. The van der Waals surface area contributed by atoms with Gasteiger partial charge in [-0.15, -0.1) is 0 Å². The molecule has 6 nitrogen and oxygen atoms in total. The summed E-state index contributed by atoms with van der Waals surface area (Å²) in [7, 11) is 0. The van der Waals surface area contributed by atoms with Crippen LogP contribution in [0.25, 0.3) is 67.6 Å². The molecule has 42 heavy (non-hydrogen) atoms. The van der Waals surface area contributed by atoms with E-state index in [1.165, 1.54) is 21.8 Å². The van der Waals surface area contributed by atoms with Gasteiger partial charge in [-0.1, -0.05) is 97.1 Å². The largest absolute Gasteiger partial charge is 0.309 e. The quantitative estimate of drug-likeness (QED) is 0.221. The Bertz CT molecular complexity index is 2070. The number of aromatic nitrogens is 6. The van der Waals surface area contributed by atoms with Gasteiger partial charge in [0.05, 0.1) is 11.0 Å². The molecule has 0 bridgehead atoms. The highest BCUT2D eigenvalue weighted by atomic mass is 15.2. The second kappa shape index (κ2) is 9.94. The zero-order chi connectivity index (χ0) is 27.9. The van der Waals surface area contributed by atoms with E-state index < -0.39 is 0 Å². The van der Waals surface area contributed by atoms with Crippen LogP contribution in [0.1, 0.15) is 0 Å². The molecule has 8 rings (SSSR count). The van der Waals surface area contributed by atoms with E-state index >= 15 is 0 Å². The summed E-state index contributed by atoms with van der Waals surface area (Å²) in [6.07, 6.45) is 3.68. The fourth-order valence-corrected chi connectivity index (χ4v) is 5.54. The zero-order valence-corrected chi connectivity index (χ0v) is 22.5. The summed E-state index contributed by atoms with van der Waals surface area (Å²) >= 11 is 0. The molecule has 0 saturated heterocycles. The molecule has 5 aromatic carbocycles. The van der Waals surface area contributed by atoms with Crippen molar-refractivity contribution in [2.75, 3.05) is 0 Å². The van der Waals surface area contributed by atoms with E-state index in [0.717, 1.165) is 28.2 Å². The molecule has 3 heterocycles. The van der Waals surface area contributed by atoms with Crippen molar-refractivity contribution >= 4 is 21.8 Å². The summed E-state index contributed by atoms with van der Waals surface area (Å²) in [6.45, 7) is 0. The van der Waals surface area contributed by atoms with E-state index in [-0.39, 0.29) is 0 Å². The van der Waals surface area contributed by atoms with E-state index in [2.05, 4.69) is 77.4 Å². The lowest BCUT2D eigenvalue weighted by Crippen LogP contribution is -2.07. The molecule has 3 aromatic heterocycles. The Morgan fingerprint density at radius 3 is 1.55 bits per heavy atom. The Balaban J connectivity index is 1.24. The number of benzene rings is 5. The van der Waals surface area contributed by atoms with Crippen molar-refractivity contribution in [3.8, 4) is 45.8 Å². The molecule has 0 fully saturated rings. The molecule has 8 aromatic rings. The molecule has 0 aliphatic heterocycles. The van der Waals surface area contributed by atoms with Gasteiger partial charge in [0.15, 0.2) is 11.6 Å². The van der Waals surface area contributed by atoms with Gasteiger partial charge in [-0.25, -0.2) is 9.97 Å². The number of hydrogen-bond acceptors (Lipinski definition) is 4. The number of hydrogen-bond donors (Lipinski definition) is 0. The maximum absolute atomic E-state index is 4.88. The minimum Gasteiger partial charge on any atom is -0.309 e. The number of rotatable bonds is 5. The monoisotopic (exact) mass is 540 g/mol. The van der Waals surface area contributed by atoms with Gasteiger partial charge in [0.1, 0.15) is 5.82 Å². The van der Waals surface area contributed by atoms with E-state index in [4.69, 9.17) is 19.9 Å². The van der Waals surface area contributed by atoms with Crippen molar-refractivity contribution < 1.29 is 0 Å². The van der Waals surface area contributed by atoms with Crippen LogP contribution in [0.3, 0.4) is 0 Å². The van der Waals surface area contributed by atoms with Crippen LogP contribution in [0, 0.1) is 0 Å².